The van der Waals surface area contributed by atoms with Gasteiger partial charge in [-0.2, -0.15) is 0 Å². The van der Waals surface area contributed by atoms with Crippen molar-refractivity contribution in [1.29, 1.82) is 0 Å². The Hall–Kier alpha value is -2.82. The van der Waals surface area contributed by atoms with Crippen molar-refractivity contribution in [1.82, 2.24) is 10.2 Å². The Labute approximate surface area is 166 Å². The van der Waals surface area contributed by atoms with Crippen LogP contribution in [0.1, 0.15) is 38.3 Å². The number of carbonyl (C=O) groups excluding carboxylic acids is 2. The molecule has 2 aromatic carbocycles. The van der Waals surface area contributed by atoms with Gasteiger partial charge in [-0.05, 0) is 43.4 Å². The van der Waals surface area contributed by atoms with Crippen LogP contribution in [0.3, 0.4) is 0 Å². The molecule has 1 heterocycles. The third-order valence-corrected chi connectivity index (χ3v) is 5.19. The lowest BCUT2D eigenvalue weighted by Gasteiger charge is -2.31. The van der Waals surface area contributed by atoms with Crippen LogP contribution >= 0.6 is 0 Å². The molecule has 0 spiro atoms. The Bertz CT molecular complexity index is 789. The van der Waals surface area contributed by atoms with E-state index in [4.69, 9.17) is 4.74 Å². The van der Waals surface area contributed by atoms with E-state index in [-0.39, 0.29) is 24.0 Å². The van der Waals surface area contributed by atoms with Gasteiger partial charge in [0.15, 0.2) is 0 Å². The van der Waals surface area contributed by atoms with Gasteiger partial charge in [-0.15, -0.1) is 0 Å². The third-order valence-electron chi connectivity index (χ3n) is 5.19. The van der Waals surface area contributed by atoms with Gasteiger partial charge in [0.1, 0.15) is 0 Å². The zero-order valence-corrected chi connectivity index (χ0v) is 16.6. The molecule has 3 rings (SSSR count). The second-order valence-electron chi connectivity index (χ2n) is 7.20. The van der Waals surface area contributed by atoms with E-state index in [0.29, 0.717) is 19.7 Å². The second-order valence-corrected chi connectivity index (χ2v) is 7.20. The smallest absolute Gasteiger partial charge is 0.409 e. The van der Waals surface area contributed by atoms with E-state index in [9.17, 15) is 9.59 Å². The number of ether oxygens (including phenoxy) is 1. The maximum atomic E-state index is 12.7. The highest BCUT2D eigenvalue weighted by Crippen LogP contribution is 2.23. The number of hydrogen-bond acceptors (Lipinski definition) is 3. The number of rotatable bonds is 5. The average Bonchev–Trinajstić information content (AvgIpc) is 2.74. The number of nitrogens with zero attached hydrogens (tertiary/aromatic N) is 1. The molecular formula is C23H28N2O3. The van der Waals surface area contributed by atoms with Gasteiger partial charge >= 0.3 is 6.09 Å². The highest BCUT2D eigenvalue weighted by Gasteiger charge is 2.29. The van der Waals surface area contributed by atoms with E-state index in [2.05, 4.69) is 41.7 Å². The highest BCUT2D eigenvalue weighted by molar-refractivity contribution is 5.80. The van der Waals surface area contributed by atoms with Crippen molar-refractivity contribution < 1.29 is 14.3 Å². The number of hydrogen-bond donors (Lipinski definition) is 1. The fourth-order valence-corrected chi connectivity index (χ4v) is 3.58. The number of benzene rings is 2. The van der Waals surface area contributed by atoms with Gasteiger partial charge in [0.05, 0.1) is 18.6 Å². The fraction of sp³-hybridized carbons (Fsp3) is 0.391. The minimum atomic E-state index is -0.329. The summed E-state index contributed by atoms with van der Waals surface area (Å²) in [6, 6.07) is 18.4. The second kappa shape index (κ2) is 9.40. The predicted molar refractivity (Wildman–Crippen MR) is 110 cm³/mol. The van der Waals surface area contributed by atoms with Crippen molar-refractivity contribution in [3.8, 4) is 11.1 Å². The molecule has 1 saturated heterocycles. The summed E-state index contributed by atoms with van der Waals surface area (Å²) in [6.45, 7) is 5.20. The van der Waals surface area contributed by atoms with Gasteiger partial charge in [0.2, 0.25) is 5.91 Å². The Morgan fingerprint density at radius 1 is 1.11 bits per heavy atom. The van der Waals surface area contributed by atoms with Gasteiger partial charge < -0.3 is 15.0 Å². The van der Waals surface area contributed by atoms with Gasteiger partial charge in [-0.3, -0.25) is 4.79 Å². The van der Waals surface area contributed by atoms with E-state index in [1.165, 1.54) is 5.56 Å². The molecule has 2 aromatic rings. The maximum absolute atomic E-state index is 12.7. The Morgan fingerprint density at radius 2 is 1.79 bits per heavy atom. The van der Waals surface area contributed by atoms with E-state index >= 15 is 0 Å². The molecule has 5 nitrogen and oxygen atoms in total. The first-order valence-electron chi connectivity index (χ1n) is 9.96. The summed E-state index contributed by atoms with van der Waals surface area (Å²) < 4.78 is 5.06. The standard InChI is InChI=1S/C23H28N2O3/c1-3-28-23(27)25-15-7-10-21(16-25)22(26)24-17(2)18-11-13-20(14-12-18)19-8-5-4-6-9-19/h4-6,8-9,11-14,17,21H,3,7,10,15-16H2,1-2H3,(H,24,26). The van der Waals surface area contributed by atoms with Crippen molar-refractivity contribution in [2.45, 2.75) is 32.7 Å². The Morgan fingerprint density at radius 3 is 2.46 bits per heavy atom. The first kappa shape index (κ1) is 19.9. The molecule has 5 heteroatoms. The van der Waals surface area contributed by atoms with Gasteiger partial charge in [0, 0.05) is 13.1 Å². The van der Waals surface area contributed by atoms with Crippen molar-refractivity contribution in [2.75, 3.05) is 19.7 Å². The van der Waals surface area contributed by atoms with Crippen molar-refractivity contribution >= 4 is 12.0 Å². The summed E-state index contributed by atoms with van der Waals surface area (Å²) in [7, 11) is 0. The van der Waals surface area contributed by atoms with E-state index < -0.39 is 0 Å². The molecule has 148 valence electrons. The Kier molecular flexibility index (Phi) is 6.69. The van der Waals surface area contributed by atoms with Crippen molar-refractivity contribution in [3.05, 3.63) is 60.2 Å². The van der Waals surface area contributed by atoms with Gasteiger partial charge in [-0.1, -0.05) is 54.6 Å². The molecule has 2 atom stereocenters. The zero-order chi connectivity index (χ0) is 19.9. The molecule has 1 fully saturated rings. The monoisotopic (exact) mass is 380 g/mol. The van der Waals surface area contributed by atoms with Gasteiger partial charge in [-0.25, -0.2) is 4.79 Å². The summed E-state index contributed by atoms with van der Waals surface area (Å²) in [6.07, 6.45) is 1.28. The van der Waals surface area contributed by atoms with Crippen LogP contribution in [0.5, 0.6) is 0 Å². The molecular weight excluding hydrogens is 352 g/mol. The third kappa shape index (κ3) is 4.91. The van der Waals surface area contributed by atoms with Crippen LogP contribution in [0.4, 0.5) is 4.79 Å². The molecule has 0 radical (unpaired) electrons. The predicted octanol–water partition coefficient (Wildman–Crippen LogP) is 4.40. The lowest BCUT2D eigenvalue weighted by molar-refractivity contribution is -0.127. The first-order valence-corrected chi connectivity index (χ1v) is 9.96. The number of nitrogens with one attached hydrogen (secondary N) is 1. The van der Waals surface area contributed by atoms with Crippen LogP contribution in [0, 0.1) is 5.92 Å². The zero-order valence-electron chi connectivity index (χ0n) is 16.6. The minimum absolute atomic E-state index is 0.00589. The molecule has 2 unspecified atom stereocenters. The summed E-state index contributed by atoms with van der Waals surface area (Å²) in [4.78, 5) is 26.3. The molecule has 0 aromatic heterocycles. The SMILES string of the molecule is CCOC(=O)N1CCCC(C(=O)NC(C)c2ccc(-c3ccccc3)cc2)C1. The van der Waals surface area contributed by atoms with Gasteiger partial charge in [0.25, 0.3) is 0 Å². The lowest BCUT2D eigenvalue weighted by atomic mass is 9.96. The van der Waals surface area contributed by atoms with Crippen molar-refractivity contribution in [2.24, 2.45) is 5.92 Å². The molecule has 0 bridgehead atoms. The van der Waals surface area contributed by atoms with Crippen LogP contribution in [-0.2, 0) is 9.53 Å². The normalized spacial score (nSPS) is 17.6. The van der Waals surface area contributed by atoms with Crippen LogP contribution in [0.15, 0.2) is 54.6 Å². The molecule has 28 heavy (non-hydrogen) atoms. The highest BCUT2D eigenvalue weighted by atomic mass is 16.6. The van der Waals surface area contributed by atoms with Crippen LogP contribution in [0.25, 0.3) is 11.1 Å². The molecule has 1 aliphatic heterocycles. The molecule has 2 amide bonds. The number of carbonyl (C=O) groups is 2. The van der Waals surface area contributed by atoms with Crippen LogP contribution in [-0.4, -0.2) is 36.6 Å². The maximum Gasteiger partial charge on any atom is 0.409 e. The first-order chi connectivity index (χ1) is 13.6. The summed E-state index contributed by atoms with van der Waals surface area (Å²) in [5, 5.41) is 3.10. The fourth-order valence-electron chi connectivity index (χ4n) is 3.58. The van der Waals surface area contributed by atoms with E-state index in [1.54, 1.807) is 11.8 Å². The van der Waals surface area contributed by atoms with Crippen LogP contribution in [0.2, 0.25) is 0 Å². The van der Waals surface area contributed by atoms with E-state index in [0.717, 1.165) is 24.0 Å². The summed E-state index contributed by atoms with van der Waals surface area (Å²) >= 11 is 0. The average molecular weight is 380 g/mol. The molecule has 1 N–H and O–H groups in total. The molecule has 0 aliphatic carbocycles. The Balaban J connectivity index is 1.58. The topological polar surface area (TPSA) is 58.6 Å². The number of likely N-dealkylation sites (tertiary alicyclic amines) is 1. The molecule has 0 saturated carbocycles. The summed E-state index contributed by atoms with van der Waals surface area (Å²) in [5.74, 6) is -0.196. The number of amides is 2. The number of piperidine rings is 1. The van der Waals surface area contributed by atoms with Crippen LogP contribution < -0.4 is 5.32 Å². The minimum Gasteiger partial charge on any atom is -0.450 e. The van der Waals surface area contributed by atoms with Crippen molar-refractivity contribution in [3.63, 3.8) is 0 Å². The lowest BCUT2D eigenvalue weighted by Crippen LogP contribution is -2.46. The molecule has 1 aliphatic rings. The summed E-state index contributed by atoms with van der Waals surface area (Å²) in [5.41, 5.74) is 3.39. The quantitative estimate of drug-likeness (QED) is 0.836. The largest absolute Gasteiger partial charge is 0.450 e. The van der Waals surface area contributed by atoms with E-state index in [1.807, 2.05) is 25.1 Å².